The Bertz CT molecular complexity index is 427. The molecule has 92 valence electrons. The predicted octanol–water partition coefficient (Wildman–Crippen LogP) is 1.08. The summed E-state index contributed by atoms with van der Waals surface area (Å²) in [7, 11) is 0. The molecule has 1 aromatic carbocycles. The Morgan fingerprint density at radius 3 is 2.94 bits per heavy atom. The van der Waals surface area contributed by atoms with E-state index in [0.717, 1.165) is 18.4 Å². The van der Waals surface area contributed by atoms with Crippen molar-refractivity contribution in [2.75, 3.05) is 12.3 Å². The van der Waals surface area contributed by atoms with Gasteiger partial charge < -0.3 is 16.2 Å². The first-order chi connectivity index (χ1) is 8.09. The molecular formula is C13H18N2O2. The molecule has 1 aliphatic carbocycles. The van der Waals surface area contributed by atoms with Crippen LogP contribution in [0.25, 0.3) is 0 Å². The van der Waals surface area contributed by atoms with Crippen LogP contribution in [0.4, 0.5) is 5.69 Å². The number of para-hydroxylation sites is 1. The molecule has 4 N–H and O–H groups in total. The Labute approximate surface area is 101 Å². The second-order valence-corrected chi connectivity index (χ2v) is 4.65. The molecule has 0 radical (unpaired) electrons. The topological polar surface area (TPSA) is 75.3 Å². The molecule has 4 heteroatoms. The zero-order valence-corrected chi connectivity index (χ0v) is 9.94. The minimum atomic E-state index is -0.426. The summed E-state index contributed by atoms with van der Waals surface area (Å²) in [6, 6.07) is 5.37. The predicted molar refractivity (Wildman–Crippen MR) is 66.7 cm³/mol. The van der Waals surface area contributed by atoms with Crippen molar-refractivity contribution in [3.05, 3.63) is 29.3 Å². The number of carbonyl (C=O) groups excluding carboxylic acids is 1. The zero-order chi connectivity index (χ0) is 12.4. The number of nitrogen functional groups attached to an aromatic ring is 1. The van der Waals surface area contributed by atoms with Gasteiger partial charge in [0.2, 0.25) is 0 Å². The van der Waals surface area contributed by atoms with Crippen molar-refractivity contribution in [1.29, 1.82) is 0 Å². The van der Waals surface area contributed by atoms with Gasteiger partial charge in [-0.2, -0.15) is 0 Å². The first kappa shape index (κ1) is 11.9. The number of carbonyl (C=O) groups is 1. The van der Waals surface area contributed by atoms with Crippen molar-refractivity contribution in [2.45, 2.75) is 25.9 Å². The van der Waals surface area contributed by atoms with Crippen LogP contribution in [0.15, 0.2) is 18.2 Å². The van der Waals surface area contributed by atoms with E-state index in [1.165, 1.54) is 0 Å². The second kappa shape index (κ2) is 4.75. The number of aliphatic hydroxyl groups is 1. The van der Waals surface area contributed by atoms with Crippen molar-refractivity contribution < 1.29 is 9.90 Å². The van der Waals surface area contributed by atoms with E-state index in [9.17, 15) is 9.90 Å². The Morgan fingerprint density at radius 2 is 2.29 bits per heavy atom. The lowest BCUT2D eigenvalue weighted by molar-refractivity contribution is 0.0902. The number of hydrogen-bond acceptors (Lipinski definition) is 3. The quantitative estimate of drug-likeness (QED) is 0.682. The summed E-state index contributed by atoms with van der Waals surface area (Å²) in [5.41, 5.74) is 7.71. The van der Waals surface area contributed by atoms with Gasteiger partial charge in [0.1, 0.15) is 0 Å². The molecule has 0 spiro atoms. The van der Waals surface area contributed by atoms with E-state index < -0.39 is 6.10 Å². The highest BCUT2D eigenvalue weighted by Gasteiger charge is 2.29. The number of nitrogens with one attached hydrogen (secondary N) is 1. The summed E-state index contributed by atoms with van der Waals surface area (Å²) in [6.07, 6.45) is 1.69. The lowest BCUT2D eigenvalue weighted by Crippen LogP contribution is -2.33. The number of amides is 1. The lowest BCUT2D eigenvalue weighted by Gasteiger charge is -2.12. The Morgan fingerprint density at radius 1 is 1.59 bits per heavy atom. The fourth-order valence-corrected chi connectivity index (χ4v) is 1.82. The van der Waals surface area contributed by atoms with Crippen LogP contribution in [0.3, 0.4) is 0 Å². The maximum absolute atomic E-state index is 11.9. The largest absolute Gasteiger partial charge is 0.398 e. The summed E-state index contributed by atoms with van der Waals surface area (Å²) in [5.74, 6) is 0.149. The lowest BCUT2D eigenvalue weighted by atomic mass is 10.1. The molecule has 1 aliphatic rings. The highest BCUT2D eigenvalue weighted by atomic mass is 16.3. The third-order valence-corrected chi connectivity index (χ3v) is 3.21. The molecule has 0 heterocycles. The number of nitrogens with two attached hydrogens (primary N) is 1. The first-order valence-corrected chi connectivity index (χ1v) is 5.91. The third-order valence-electron chi connectivity index (χ3n) is 3.21. The van der Waals surface area contributed by atoms with Crippen LogP contribution in [0.5, 0.6) is 0 Å². The summed E-state index contributed by atoms with van der Waals surface area (Å²) in [4.78, 5) is 11.9. The average Bonchev–Trinajstić information content (AvgIpc) is 3.13. The molecule has 2 rings (SSSR count). The monoisotopic (exact) mass is 234 g/mol. The van der Waals surface area contributed by atoms with Gasteiger partial charge in [0.25, 0.3) is 5.91 Å². The minimum absolute atomic E-state index is 0.217. The highest BCUT2D eigenvalue weighted by Crippen LogP contribution is 2.32. The van der Waals surface area contributed by atoms with Crippen LogP contribution < -0.4 is 11.1 Å². The van der Waals surface area contributed by atoms with Crippen molar-refractivity contribution in [3.63, 3.8) is 0 Å². The van der Waals surface area contributed by atoms with Gasteiger partial charge in [-0.15, -0.1) is 0 Å². The van der Waals surface area contributed by atoms with Crippen LogP contribution >= 0.6 is 0 Å². The molecule has 0 aromatic heterocycles. The summed E-state index contributed by atoms with van der Waals surface area (Å²) in [5, 5.41) is 12.4. The minimum Gasteiger partial charge on any atom is -0.398 e. The van der Waals surface area contributed by atoms with Gasteiger partial charge in [-0.25, -0.2) is 0 Å². The van der Waals surface area contributed by atoms with Gasteiger partial charge in [0.05, 0.1) is 11.7 Å². The average molecular weight is 234 g/mol. The van der Waals surface area contributed by atoms with Gasteiger partial charge in [-0.05, 0) is 37.3 Å². The number of hydrogen-bond donors (Lipinski definition) is 3. The molecular weight excluding hydrogens is 216 g/mol. The number of aryl methyl sites for hydroxylation is 1. The Kier molecular flexibility index (Phi) is 3.33. The number of anilines is 1. The van der Waals surface area contributed by atoms with Crippen molar-refractivity contribution >= 4 is 11.6 Å². The second-order valence-electron chi connectivity index (χ2n) is 4.65. The van der Waals surface area contributed by atoms with Crippen molar-refractivity contribution in [2.24, 2.45) is 5.92 Å². The van der Waals surface area contributed by atoms with Crippen LogP contribution in [0, 0.1) is 12.8 Å². The van der Waals surface area contributed by atoms with E-state index in [2.05, 4.69) is 5.32 Å². The third kappa shape index (κ3) is 2.77. The van der Waals surface area contributed by atoms with E-state index in [0.29, 0.717) is 23.7 Å². The number of benzene rings is 1. The fraction of sp³-hybridized carbons (Fsp3) is 0.462. The molecule has 1 fully saturated rings. The standard InChI is InChI=1S/C13H18N2O2/c1-8-3-2-4-10(12(8)14)13(17)15-7-11(16)9-5-6-9/h2-4,9,11,16H,5-7,14H2,1H3,(H,15,17). The Balaban J connectivity index is 1.96. The molecule has 1 unspecified atom stereocenters. The van der Waals surface area contributed by atoms with Crippen molar-refractivity contribution in [1.82, 2.24) is 5.32 Å². The van der Waals surface area contributed by atoms with Gasteiger partial charge in [-0.3, -0.25) is 4.79 Å². The summed E-state index contributed by atoms with van der Waals surface area (Å²) >= 11 is 0. The fourth-order valence-electron chi connectivity index (χ4n) is 1.82. The molecule has 1 aromatic rings. The van der Waals surface area contributed by atoms with Gasteiger partial charge >= 0.3 is 0 Å². The molecule has 4 nitrogen and oxygen atoms in total. The van der Waals surface area contributed by atoms with Crippen LogP contribution in [0.1, 0.15) is 28.8 Å². The van der Waals surface area contributed by atoms with Crippen LogP contribution in [0.2, 0.25) is 0 Å². The molecule has 0 saturated heterocycles. The van der Waals surface area contributed by atoms with Gasteiger partial charge in [0.15, 0.2) is 0 Å². The van der Waals surface area contributed by atoms with E-state index in [1.54, 1.807) is 12.1 Å². The Hall–Kier alpha value is -1.55. The molecule has 1 saturated carbocycles. The molecule has 17 heavy (non-hydrogen) atoms. The SMILES string of the molecule is Cc1cccc(C(=O)NCC(O)C2CC2)c1N. The smallest absolute Gasteiger partial charge is 0.253 e. The molecule has 0 bridgehead atoms. The van der Waals surface area contributed by atoms with Gasteiger partial charge in [0, 0.05) is 12.2 Å². The first-order valence-electron chi connectivity index (χ1n) is 5.91. The maximum atomic E-state index is 11.9. The van der Waals surface area contributed by atoms with E-state index in [-0.39, 0.29) is 5.91 Å². The van der Waals surface area contributed by atoms with Crippen LogP contribution in [-0.4, -0.2) is 23.7 Å². The summed E-state index contributed by atoms with van der Waals surface area (Å²) < 4.78 is 0. The number of rotatable bonds is 4. The zero-order valence-electron chi connectivity index (χ0n) is 9.94. The summed E-state index contributed by atoms with van der Waals surface area (Å²) in [6.45, 7) is 2.17. The number of aliphatic hydroxyl groups excluding tert-OH is 1. The van der Waals surface area contributed by atoms with Crippen LogP contribution in [-0.2, 0) is 0 Å². The normalized spacial score (nSPS) is 16.6. The highest BCUT2D eigenvalue weighted by molar-refractivity contribution is 5.99. The molecule has 1 atom stereocenters. The maximum Gasteiger partial charge on any atom is 0.253 e. The van der Waals surface area contributed by atoms with E-state index in [4.69, 9.17) is 5.73 Å². The van der Waals surface area contributed by atoms with Gasteiger partial charge in [-0.1, -0.05) is 12.1 Å². The molecule has 1 amide bonds. The van der Waals surface area contributed by atoms with E-state index in [1.807, 2.05) is 13.0 Å². The van der Waals surface area contributed by atoms with Crippen molar-refractivity contribution in [3.8, 4) is 0 Å². The van der Waals surface area contributed by atoms with E-state index >= 15 is 0 Å². The molecule has 0 aliphatic heterocycles.